The highest BCUT2D eigenvalue weighted by molar-refractivity contribution is 7.92. The van der Waals surface area contributed by atoms with E-state index in [9.17, 15) is 0 Å². The van der Waals surface area contributed by atoms with Gasteiger partial charge in [0.15, 0.2) is 0 Å². The molecular formula is C13H22ClNOS. The van der Waals surface area contributed by atoms with Gasteiger partial charge in [-0.05, 0) is 26.2 Å². The molecular weight excluding hydrogens is 254 g/mol. The van der Waals surface area contributed by atoms with E-state index in [0.29, 0.717) is 5.88 Å². The average molecular weight is 276 g/mol. The number of hydrogen-bond acceptors (Lipinski definition) is 3. The van der Waals surface area contributed by atoms with Gasteiger partial charge in [-0.25, -0.2) is 0 Å². The Kier molecular flexibility index (Phi) is 13.7. The molecule has 0 heterocycles. The number of hydrogen-bond donors (Lipinski definition) is 1. The number of allylic oxidation sites excluding steroid dienone is 6. The highest BCUT2D eigenvalue weighted by atomic mass is 35.5. The Hall–Kier alpha value is -0.220. The van der Waals surface area contributed by atoms with Crippen molar-refractivity contribution in [2.24, 2.45) is 5.14 Å². The molecule has 0 spiro atoms. The predicted octanol–water partition coefficient (Wildman–Crippen LogP) is 4.38. The SMILES string of the molecule is C\C=C/C=C\C(=C\CCl)CCCCCOSN. The van der Waals surface area contributed by atoms with Crippen molar-refractivity contribution >= 4 is 23.8 Å². The van der Waals surface area contributed by atoms with Crippen molar-refractivity contribution in [2.75, 3.05) is 12.5 Å². The maximum atomic E-state index is 5.73. The Morgan fingerprint density at radius 1 is 1.29 bits per heavy atom. The summed E-state index contributed by atoms with van der Waals surface area (Å²) in [5.74, 6) is 0.572. The first-order valence-corrected chi connectivity index (χ1v) is 7.21. The van der Waals surface area contributed by atoms with Crippen LogP contribution in [0.2, 0.25) is 0 Å². The van der Waals surface area contributed by atoms with Crippen molar-refractivity contribution in [3.05, 3.63) is 36.0 Å². The monoisotopic (exact) mass is 275 g/mol. The molecule has 0 aromatic heterocycles. The summed E-state index contributed by atoms with van der Waals surface area (Å²) in [6.07, 6.45) is 14.7. The van der Waals surface area contributed by atoms with Gasteiger partial charge in [-0.3, -0.25) is 5.14 Å². The van der Waals surface area contributed by atoms with E-state index in [-0.39, 0.29) is 0 Å². The van der Waals surface area contributed by atoms with E-state index in [1.54, 1.807) is 0 Å². The lowest BCUT2D eigenvalue weighted by atomic mass is 10.1. The lowest BCUT2D eigenvalue weighted by Gasteiger charge is -2.02. The van der Waals surface area contributed by atoms with Crippen molar-refractivity contribution in [2.45, 2.75) is 32.6 Å². The summed E-state index contributed by atoms with van der Waals surface area (Å²) in [6, 6.07) is 0. The molecule has 2 N–H and O–H groups in total. The highest BCUT2D eigenvalue weighted by Gasteiger charge is 1.94. The Morgan fingerprint density at radius 3 is 2.76 bits per heavy atom. The first kappa shape index (κ1) is 16.8. The van der Waals surface area contributed by atoms with Crippen molar-refractivity contribution in [1.29, 1.82) is 0 Å². The zero-order chi connectivity index (χ0) is 12.8. The van der Waals surface area contributed by atoms with E-state index in [1.165, 1.54) is 5.57 Å². The lowest BCUT2D eigenvalue weighted by molar-refractivity contribution is 0.357. The average Bonchev–Trinajstić information content (AvgIpc) is 2.34. The predicted molar refractivity (Wildman–Crippen MR) is 79.0 cm³/mol. The van der Waals surface area contributed by atoms with Crippen molar-refractivity contribution < 1.29 is 4.18 Å². The lowest BCUT2D eigenvalue weighted by Crippen LogP contribution is -1.91. The minimum atomic E-state index is 0.572. The molecule has 2 nitrogen and oxygen atoms in total. The number of nitrogens with two attached hydrogens (primary N) is 1. The van der Waals surface area contributed by atoms with Gasteiger partial charge in [0.25, 0.3) is 0 Å². The van der Waals surface area contributed by atoms with Crippen molar-refractivity contribution in [3.63, 3.8) is 0 Å². The standard InChI is InChI=1S/C13H22ClNOS/c1-2-3-5-8-13(10-11-14)9-6-4-7-12-16-17-15/h2-3,5,8,10H,4,6-7,9,11-12,15H2,1H3/b3-2-,8-5-,13-10-. The molecule has 0 amide bonds. The fourth-order valence-corrected chi connectivity index (χ4v) is 1.77. The molecule has 0 atom stereocenters. The van der Waals surface area contributed by atoms with E-state index in [4.69, 9.17) is 20.9 Å². The fraction of sp³-hybridized carbons (Fsp3) is 0.538. The summed E-state index contributed by atoms with van der Waals surface area (Å²) in [5, 5.41) is 5.15. The van der Waals surface area contributed by atoms with Crippen LogP contribution in [0.5, 0.6) is 0 Å². The highest BCUT2D eigenvalue weighted by Crippen LogP contribution is 2.11. The molecule has 0 aromatic rings. The smallest absolute Gasteiger partial charge is 0.0758 e. The number of unbranched alkanes of at least 4 members (excludes halogenated alkanes) is 2. The molecule has 98 valence electrons. The summed E-state index contributed by atoms with van der Waals surface area (Å²) in [5.41, 5.74) is 1.30. The van der Waals surface area contributed by atoms with Crippen LogP contribution in [-0.4, -0.2) is 12.5 Å². The Morgan fingerprint density at radius 2 is 2.12 bits per heavy atom. The summed E-state index contributed by atoms with van der Waals surface area (Å²) >= 11 is 6.67. The van der Waals surface area contributed by atoms with Gasteiger partial charge in [-0.2, -0.15) is 0 Å². The third kappa shape index (κ3) is 12.0. The maximum Gasteiger partial charge on any atom is 0.0758 e. The largest absolute Gasteiger partial charge is 0.301 e. The second-order valence-corrected chi connectivity index (χ2v) is 4.28. The third-order valence-corrected chi connectivity index (χ3v) is 2.67. The van der Waals surface area contributed by atoms with Crippen molar-refractivity contribution in [1.82, 2.24) is 0 Å². The zero-order valence-electron chi connectivity index (χ0n) is 10.4. The molecule has 4 heteroatoms. The Bertz CT molecular complexity index is 252. The van der Waals surface area contributed by atoms with E-state index in [2.05, 4.69) is 12.2 Å². The molecule has 17 heavy (non-hydrogen) atoms. The maximum absolute atomic E-state index is 5.73. The summed E-state index contributed by atoms with van der Waals surface area (Å²) in [6.45, 7) is 2.73. The summed E-state index contributed by atoms with van der Waals surface area (Å²) < 4.78 is 5.00. The van der Waals surface area contributed by atoms with Crippen LogP contribution in [0.3, 0.4) is 0 Å². The van der Waals surface area contributed by atoms with Gasteiger partial charge in [0, 0.05) is 5.88 Å². The number of rotatable bonds is 10. The van der Waals surface area contributed by atoms with Crippen LogP contribution in [0.15, 0.2) is 36.0 Å². The fourth-order valence-electron chi connectivity index (χ4n) is 1.36. The molecule has 0 unspecified atom stereocenters. The van der Waals surface area contributed by atoms with E-state index < -0.39 is 0 Å². The van der Waals surface area contributed by atoms with Crippen LogP contribution >= 0.6 is 23.8 Å². The molecule has 0 aliphatic heterocycles. The molecule has 0 aliphatic rings. The minimum Gasteiger partial charge on any atom is -0.301 e. The zero-order valence-corrected chi connectivity index (χ0v) is 12.0. The van der Waals surface area contributed by atoms with Crippen LogP contribution in [0, 0.1) is 0 Å². The molecule has 0 bridgehead atoms. The molecule has 0 rings (SSSR count). The molecule has 0 fully saturated rings. The molecule has 0 aliphatic carbocycles. The molecule has 0 radical (unpaired) electrons. The Labute approximate surface area is 114 Å². The van der Waals surface area contributed by atoms with Gasteiger partial charge >= 0.3 is 0 Å². The first-order valence-electron chi connectivity index (χ1n) is 5.87. The normalized spacial score (nSPS) is 13.0. The second kappa shape index (κ2) is 13.8. The van der Waals surface area contributed by atoms with Crippen molar-refractivity contribution in [3.8, 4) is 0 Å². The van der Waals surface area contributed by atoms with Crippen LogP contribution in [0.25, 0.3) is 0 Å². The number of halogens is 1. The van der Waals surface area contributed by atoms with Crippen LogP contribution < -0.4 is 5.14 Å². The van der Waals surface area contributed by atoms with E-state index in [0.717, 1.165) is 44.5 Å². The third-order valence-electron chi connectivity index (χ3n) is 2.21. The summed E-state index contributed by atoms with van der Waals surface area (Å²) in [4.78, 5) is 0. The summed E-state index contributed by atoms with van der Waals surface area (Å²) in [7, 11) is 0. The molecule has 0 saturated carbocycles. The minimum absolute atomic E-state index is 0.572. The van der Waals surface area contributed by atoms with E-state index >= 15 is 0 Å². The van der Waals surface area contributed by atoms with Gasteiger partial charge in [0.2, 0.25) is 0 Å². The van der Waals surface area contributed by atoms with Gasteiger partial charge in [0.05, 0.1) is 18.8 Å². The van der Waals surface area contributed by atoms with E-state index in [1.807, 2.05) is 25.2 Å². The van der Waals surface area contributed by atoms with Gasteiger partial charge in [-0.15, -0.1) is 11.6 Å². The van der Waals surface area contributed by atoms with Crippen LogP contribution in [-0.2, 0) is 4.18 Å². The topological polar surface area (TPSA) is 35.2 Å². The van der Waals surface area contributed by atoms with Gasteiger partial charge in [-0.1, -0.05) is 42.4 Å². The van der Waals surface area contributed by atoms with Crippen LogP contribution in [0.4, 0.5) is 0 Å². The quantitative estimate of drug-likeness (QED) is 0.211. The molecule has 0 saturated heterocycles. The first-order chi connectivity index (χ1) is 8.35. The molecule has 0 aromatic carbocycles. The van der Waals surface area contributed by atoms with Gasteiger partial charge < -0.3 is 4.18 Å². The van der Waals surface area contributed by atoms with Crippen LogP contribution in [0.1, 0.15) is 32.6 Å². The second-order valence-electron chi connectivity index (χ2n) is 3.55. The van der Waals surface area contributed by atoms with Gasteiger partial charge in [0.1, 0.15) is 0 Å². The number of alkyl halides is 1. The Balaban J connectivity index is 3.75.